The van der Waals surface area contributed by atoms with E-state index in [-0.39, 0.29) is 0 Å². The number of nitrogens with one attached hydrogen (secondary N) is 2. The van der Waals surface area contributed by atoms with Crippen molar-refractivity contribution in [1.29, 1.82) is 0 Å². The molecule has 5 rings (SSSR count). The summed E-state index contributed by atoms with van der Waals surface area (Å²) < 4.78 is 60.2. The molecule has 4 aromatic rings. The lowest BCUT2D eigenvalue weighted by Gasteiger charge is -2.37. The van der Waals surface area contributed by atoms with Crippen molar-refractivity contribution in [2.75, 3.05) is 26.0 Å². The Balaban J connectivity index is 1.27. The number of quaternary nitrogens is 1. The largest absolute Gasteiger partial charge is 0.381 e. The van der Waals surface area contributed by atoms with Gasteiger partial charge in [0.25, 0.3) is 0 Å². The lowest BCUT2D eigenvalue weighted by atomic mass is 9.84. The van der Waals surface area contributed by atoms with Gasteiger partial charge >= 0.3 is 5.92 Å². The van der Waals surface area contributed by atoms with E-state index in [2.05, 4.69) is 49.8 Å². The molecule has 0 amide bonds. The third-order valence-electron chi connectivity index (χ3n) is 7.14. The molecule has 0 saturated heterocycles. The van der Waals surface area contributed by atoms with E-state index in [1.54, 1.807) is 0 Å². The van der Waals surface area contributed by atoms with Crippen molar-refractivity contribution >= 4 is 12.0 Å². The number of nitrogens with zero attached hydrogens (tertiary/aromatic N) is 4. The van der Waals surface area contributed by atoms with Gasteiger partial charge in [-0.1, -0.05) is 41.2 Å². The van der Waals surface area contributed by atoms with Crippen molar-refractivity contribution < 1.29 is 28.2 Å². The quantitative estimate of drug-likeness (QED) is 0.123. The molecule has 8 nitrogen and oxygen atoms in total. The summed E-state index contributed by atoms with van der Waals surface area (Å²) in [5.74, 6) is -0.505. The number of aliphatic hydroxyl groups is 1. The summed E-state index contributed by atoms with van der Waals surface area (Å²) in [6.45, 7) is 0.692. The highest BCUT2D eigenvalue weighted by molar-refractivity contribution is 5.54. The molecule has 0 aliphatic carbocycles. The van der Waals surface area contributed by atoms with Crippen LogP contribution in [0.3, 0.4) is 0 Å². The van der Waals surface area contributed by atoms with Crippen LogP contribution in [0.5, 0.6) is 0 Å². The Kier molecular flexibility index (Phi) is 9.45. The zero-order valence-corrected chi connectivity index (χ0v) is 24.6. The lowest BCUT2D eigenvalue weighted by Crippen LogP contribution is -2.87. The molecule has 1 unspecified atom stereocenters. The number of halogens is 4. The van der Waals surface area contributed by atoms with Crippen molar-refractivity contribution in [3.8, 4) is 11.8 Å². The predicted octanol–water partition coefficient (Wildman–Crippen LogP) is 3.65. The Bertz CT molecular complexity index is 1700. The molecule has 1 aliphatic rings. The molecule has 5 N–H and O–H groups in total. The van der Waals surface area contributed by atoms with Crippen LogP contribution in [-0.2, 0) is 24.6 Å². The van der Waals surface area contributed by atoms with E-state index in [1.165, 1.54) is 17.2 Å². The smallest absolute Gasteiger partial charge is 0.323 e. The zero-order chi connectivity index (χ0) is 32.0. The fraction of sp³-hybridized carbons (Fsp3) is 0.212. The monoisotopic (exact) mass is 618 g/mol. The first-order valence-corrected chi connectivity index (χ1v) is 14.0. The highest BCUT2D eigenvalue weighted by atomic mass is 19.3. The highest BCUT2D eigenvalue weighted by Gasteiger charge is 2.58. The van der Waals surface area contributed by atoms with Crippen LogP contribution in [0.2, 0.25) is 0 Å². The highest BCUT2D eigenvalue weighted by Crippen LogP contribution is 2.46. The fourth-order valence-electron chi connectivity index (χ4n) is 4.78. The van der Waals surface area contributed by atoms with Crippen molar-refractivity contribution in [1.82, 2.24) is 20.4 Å². The third-order valence-corrected chi connectivity index (χ3v) is 7.14. The van der Waals surface area contributed by atoms with Crippen LogP contribution in [0, 0.1) is 23.5 Å². The van der Waals surface area contributed by atoms with Crippen LogP contribution in [0.15, 0.2) is 90.2 Å². The fourth-order valence-corrected chi connectivity index (χ4v) is 4.78. The average Bonchev–Trinajstić information content (AvgIpc) is 3.53. The normalized spacial score (nSPS) is 14.3. The van der Waals surface area contributed by atoms with Gasteiger partial charge in [0.2, 0.25) is 0 Å². The standard InChI is InChI=1S/C33H31F4N7O/c1-43(2)20-26-9-13-28(14-10-26)38-18-24-6-3-23(4-7-24)5-8-25-11-16-31(39-19-25)33(36,37)32(45,21-44-22-40-41-42-44)29-15-12-27(34)17-30(29)35/h3-4,6-7,9-17,19,22,38,41-42,45H,18,20-21H2,1-2H3/p+1. The number of nitrogens with two attached hydrogens (primary N) is 1. The number of aromatic nitrogens is 1. The van der Waals surface area contributed by atoms with Gasteiger partial charge in [0.1, 0.15) is 17.3 Å². The summed E-state index contributed by atoms with van der Waals surface area (Å²) in [5.41, 5.74) is 3.40. The summed E-state index contributed by atoms with van der Waals surface area (Å²) in [6, 6.07) is 20.3. The molecule has 3 aromatic carbocycles. The maximum Gasteiger partial charge on any atom is 0.323 e. The van der Waals surface area contributed by atoms with E-state index in [4.69, 9.17) is 0 Å². The molecule has 0 radical (unpaired) electrons. The van der Waals surface area contributed by atoms with Crippen molar-refractivity contribution in [2.24, 2.45) is 5.10 Å². The Hall–Kier alpha value is -4.80. The van der Waals surface area contributed by atoms with Crippen LogP contribution in [-0.4, -0.2) is 47.0 Å². The predicted molar refractivity (Wildman–Crippen MR) is 162 cm³/mol. The van der Waals surface area contributed by atoms with E-state index >= 15 is 8.78 Å². The summed E-state index contributed by atoms with van der Waals surface area (Å²) in [7, 11) is 4.06. The van der Waals surface area contributed by atoms with Gasteiger partial charge in [-0.3, -0.25) is 4.98 Å². The third kappa shape index (κ3) is 7.47. The second kappa shape index (κ2) is 13.5. The summed E-state index contributed by atoms with van der Waals surface area (Å²) >= 11 is 0. The molecule has 2 heterocycles. The van der Waals surface area contributed by atoms with Gasteiger partial charge in [-0.25, -0.2) is 13.8 Å². The minimum atomic E-state index is -4.10. The number of hydrogen-bond acceptors (Lipinski definition) is 7. The first-order valence-electron chi connectivity index (χ1n) is 14.0. The molecular weight excluding hydrogens is 586 g/mol. The lowest BCUT2D eigenvalue weighted by molar-refractivity contribution is -0.725. The maximum atomic E-state index is 16.0. The summed E-state index contributed by atoms with van der Waals surface area (Å²) in [6.07, 6.45) is 2.31. The minimum absolute atomic E-state index is 0.359. The van der Waals surface area contributed by atoms with E-state index in [1.807, 2.05) is 50.5 Å². The topological polar surface area (TPSA) is 92.6 Å². The number of rotatable bonds is 10. The van der Waals surface area contributed by atoms with Gasteiger partial charge in [-0.05, 0) is 79.3 Å². The Morgan fingerprint density at radius 2 is 1.62 bits per heavy atom. The number of β-amino-alcohol motifs (C(OH)–C–C–N with tert-alkyl or cyclic N) is 1. The van der Waals surface area contributed by atoms with Crippen LogP contribution in [0.4, 0.5) is 23.2 Å². The van der Waals surface area contributed by atoms with Gasteiger partial charge in [0, 0.05) is 47.7 Å². The molecule has 0 saturated carbocycles. The van der Waals surface area contributed by atoms with Crippen LogP contribution in [0.25, 0.3) is 0 Å². The van der Waals surface area contributed by atoms with Crippen molar-refractivity contribution in [2.45, 2.75) is 24.6 Å². The number of pyridine rings is 1. The SMILES string of the molecule is CN(C)Cc1ccc(NCc2ccc(C#Cc3ccc(C(F)(F)C(O)(CN4C=N[NH2+]N4)c4ccc(F)cc4F)nc3)cc2)cc1. The first-order chi connectivity index (χ1) is 21.5. The van der Waals surface area contributed by atoms with E-state index in [0.29, 0.717) is 18.2 Å². The number of hydrazine groups is 1. The molecule has 12 heteroatoms. The molecule has 0 spiro atoms. The Labute approximate surface area is 258 Å². The molecule has 1 aliphatic heterocycles. The molecule has 0 fully saturated rings. The van der Waals surface area contributed by atoms with Gasteiger partial charge in [-0.2, -0.15) is 8.78 Å². The van der Waals surface area contributed by atoms with Gasteiger partial charge in [-0.15, -0.1) is 5.53 Å². The zero-order valence-electron chi connectivity index (χ0n) is 24.6. The number of anilines is 1. The van der Waals surface area contributed by atoms with Crippen molar-refractivity contribution in [3.05, 3.63) is 130 Å². The van der Waals surface area contributed by atoms with Crippen LogP contribution in [0.1, 0.15) is 33.5 Å². The van der Waals surface area contributed by atoms with E-state index in [0.717, 1.165) is 59.1 Å². The van der Waals surface area contributed by atoms with Gasteiger partial charge < -0.3 is 15.3 Å². The second-order valence-corrected chi connectivity index (χ2v) is 10.9. The van der Waals surface area contributed by atoms with Gasteiger partial charge in [0.05, 0.1) is 6.54 Å². The molecular formula is C33H32F4N7O+. The van der Waals surface area contributed by atoms with Crippen LogP contribution >= 0.6 is 0 Å². The molecule has 1 atom stereocenters. The number of hydrogen-bond donors (Lipinski definition) is 4. The van der Waals surface area contributed by atoms with Gasteiger partial charge in [0.15, 0.2) is 11.9 Å². The summed E-state index contributed by atoms with van der Waals surface area (Å²) in [5, 5.41) is 19.5. The van der Waals surface area contributed by atoms with Crippen molar-refractivity contribution in [3.63, 3.8) is 0 Å². The minimum Gasteiger partial charge on any atom is -0.381 e. The Morgan fingerprint density at radius 1 is 0.933 bits per heavy atom. The molecule has 232 valence electrons. The average molecular weight is 619 g/mol. The Morgan fingerprint density at radius 3 is 2.24 bits per heavy atom. The number of benzene rings is 3. The molecule has 0 bridgehead atoms. The van der Waals surface area contributed by atoms with E-state index < -0.39 is 41.0 Å². The molecule has 45 heavy (non-hydrogen) atoms. The second-order valence-electron chi connectivity index (χ2n) is 10.9. The van der Waals surface area contributed by atoms with Crippen LogP contribution < -0.4 is 16.4 Å². The van der Waals surface area contributed by atoms with E-state index in [9.17, 15) is 13.9 Å². The summed E-state index contributed by atoms with van der Waals surface area (Å²) in [4.78, 5) is 5.98. The number of alkyl halides is 2. The first kappa shape index (κ1) is 31.6. The maximum absolute atomic E-state index is 16.0. The molecule has 1 aromatic heterocycles.